The Bertz CT molecular complexity index is 796. The summed E-state index contributed by atoms with van der Waals surface area (Å²) in [5.41, 5.74) is 3.01. The number of nitrogens with one attached hydrogen (secondary N) is 1. The monoisotopic (exact) mass is 324 g/mol. The largest absolute Gasteiger partial charge is 0.365 e. The average molecular weight is 324 g/mol. The third-order valence-electron chi connectivity index (χ3n) is 3.80. The molecule has 3 aromatic heterocycles. The van der Waals surface area contributed by atoms with Crippen LogP contribution in [0.3, 0.4) is 0 Å². The fourth-order valence-corrected chi connectivity index (χ4v) is 3.20. The lowest BCUT2D eigenvalue weighted by molar-refractivity contribution is 1.04. The van der Waals surface area contributed by atoms with Gasteiger partial charge in [0.15, 0.2) is 5.82 Å². The molecule has 0 atom stereocenters. The summed E-state index contributed by atoms with van der Waals surface area (Å²) in [6, 6.07) is 8.26. The number of thiophene rings is 1. The normalized spacial score (nSPS) is 10.7. The van der Waals surface area contributed by atoms with E-state index in [1.165, 1.54) is 9.75 Å². The van der Waals surface area contributed by atoms with E-state index in [9.17, 15) is 0 Å². The van der Waals surface area contributed by atoms with E-state index in [0.717, 1.165) is 35.6 Å². The minimum atomic E-state index is 0.712. The predicted octanol–water partition coefficient (Wildman–Crippen LogP) is 4.39. The molecule has 0 spiro atoms. The van der Waals surface area contributed by atoms with E-state index >= 15 is 0 Å². The van der Waals surface area contributed by atoms with Crippen molar-refractivity contribution in [2.45, 2.75) is 33.7 Å². The second-order valence-electron chi connectivity index (χ2n) is 5.42. The van der Waals surface area contributed by atoms with E-state index in [0.29, 0.717) is 5.82 Å². The number of anilines is 1. The molecule has 0 radical (unpaired) electrons. The minimum Gasteiger partial charge on any atom is -0.365 e. The number of rotatable bonds is 5. The predicted molar refractivity (Wildman–Crippen MR) is 95.8 cm³/mol. The molecule has 3 aromatic rings. The molecule has 23 heavy (non-hydrogen) atoms. The Labute approximate surface area is 140 Å². The number of nitrogens with zero attached hydrogens (tertiary/aromatic N) is 3. The van der Waals surface area contributed by atoms with E-state index in [-0.39, 0.29) is 0 Å². The molecule has 0 saturated carbocycles. The van der Waals surface area contributed by atoms with Crippen LogP contribution in [-0.4, -0.2) is 15.0 Å². The molecular weight excluding hydrogens is 304 g/mol. The van der Waals surface area contributed by atoms with Gasteiger partial charge in [-0.15, -0.1) is 11.3 Å². The van der Waals surface area contributed by atoms with E-state index in [1.54, 1.807) is 12.4 Å². The van der Waals surface area contributed by atoms with Gasteiger partial charge >= 0.3 is 0 Å². The number of aryl methyl sites for hydroxylation is 2. The molecule has 3 heterocycles. The molecule has 0 bridgehead atoms. The summed E-state index contributed by atoms with van der Waals surface area (Å²) in [5.74, 6) is 1.60. The highest BCUT2D eigenvalue weighted by atomic mass is 32.1. The van der Waals surface area contributed by atoms with Crippen LogP contribution in [0.1, 0.15) is 27.9 Å². The average Bonchev–Trinajstić information content (AvgIpc) is 3.05. The Morgan fingerprint density at radius 2 is 1.91 bits per heavy atom. The third kappa shape index (κ3) is 3.56. The molecule has 0 aliphatic carbocycles. The minimum absolute atomic E-state index is 0.712. The highest BCUT2D eigenvalue weighted by Crippen LogP contribution is 2.23. The van der Waals surface area contributed by atoms with Crippen LogP contribution in [0.4, 0.5) is 5.82 Å². The molecule has 0 aromatic carbocycles. The summed E-state index contributed by atoms with van der Waals surface area (Å²) in [7, 11) is 0. The van der Waals surface area contributed by atoms with Gasteiger partial charge in [0.2, 0.25) is 0 Å². The van der Waals surface area contributed by atoms with Gasteiger partial charge in [-0.05, 0) is 44.5 Å². The first-order valence-corrected chi connectivity index (χ1v) is 8.56. The molecular formula is C18H20N4S. The molecule has 0 amide bonds. The third-order valence-corrected chi connectivity index (χ3v) is 5.03. The fraction of sp³-hybridized carbons (Fsp3) is 0.278. The van der Waals surface area contributed by atoms with Gasteiger partial charge in [0.25, 0.3) is 0 Å². The number of hydrogen-bond acceptors (Lipinski definition) is 5. The summed E-state index contributed by atoms with van der Waals surface area (Å²) in [5, 5.41) is 3.46. The molecule has 5 heteroatoms. The fourth-order valence-electron chi connectivity index (χ4n) is 2.30. The Morgan fingerprint density at radius 1 is 1.09 bits per heavy atom. The zero-order chi connectivity index (χ0) is 16.2. The number of aromatic nitrogens is 3. The van der Waals surface area contributed by atoms with Crippen molar-refractivity contribution in [1.29, 1.82) is 0 Å². The lowest BCUT2D eigenvalue weighted by Gasteiger charge is -2.11. The molecule has 4 nitrogen and oxygen atoms in total. The Balaban J connectivity index is 1.85. The summed E-state index contributed by atoms with van der Waals surface area (Å²) in [6.07, 6.45) is 4.63. The van der Waals surface area contributed by atoms with Crippen LogP contribution < -0.4 is 5.32 Å². The summed E-state index contributed by atoms with van der Waals surface area (Å²) in [6.45, 7) is 7.04. The van der Waals surface area contributed by atoms with Gasteiger partial charge < -0.3 is 5.32 Å². The molecule has 0 unspecified atom stereocenters. The first-order valence-electron chi connectivity index (χ1n) is 7.74. The number of pyridine rings is 1. The first kappa shape index (κ1) is 15.6. The van der Waals surface area contributed by atoms with Crippen molar-refractivity contribution in [3.63, 3.8) is 0 Å². The van der Waals surface area contributed by atoms with Gasteiger partial charge in [-0.25, -0.2) is 9.97 Å². The van der Waals surface area contributed by atoms with Gasteiger partial charge in [0.1, 0.15) is 5.82 Å². The van der Waals surface area contributed by atoms with Crippen LogP contribution in [-0.2, 0) is 13.0 Å². The van der Waals surface area contributed by atoms with E-state index in [1.807, 2.05) is 30.4 Å². The maximum absolute atomic E-state index is 4.69. The molecule has 0 saturated heterocycles. The van der Waals surface area contributed by atoms with E-state index in [2.05, 4.69) is 46.2 Å². The summed E-state index contributed by atoms with van der Waals surface area (Å²) in [4.78, 5) is 16.2. The van der Waals surface area contributed by atoms with Crippen LogP contribution in [0.25, 0.3) is 11.4 Å². The van der Waals surface area contributed by atoms with Gasteiger partial charge in [-0.1, -0.05) is 6.92 Å². The molecule has 1 N–H and O–H groups in total. The van der Waals surface area contributed by atoms with Crippen molar-refractivity contribution in [2.75, 3.05) is 5.32 Å². The van der Waals surface area contributed by atoms with Gasteiger partial charge in [0, 0.05) is 39.0 Å². The quantitative estimate of drug-likeness (QED) is 0.756. The van der Waals surface area contributed by atoms with Crippen molar-refractivity contribution >= 4 is 17.2 Å². The van der Waals surface area contributed by atoms with Crippen molar-refractivity contribution in [3.8, 4) is 11.4 Å². The van der Waals surface area contributed by atoms with Crippen LogP contribution in [0, 0.1) is 13.8 Å². The Kier molecular flexibility index (Phi) is 4.67. The van der Waals surface area contributed by atoms with E-state index < -0.39 is 0 Å². The van der Waals surface area contributed by atoms with Gasteiger partial charge in [0.05, 0.1) is 6.54 Å². The Hall–Kier alpha value is -2.27. The zero-order valence-corrected chi connectivity index (χ0v) is 14.4. The first-order chi connectivity index (χ1) is 11.2. The molecule has 0 aliphatic rings. The SMILES string of the molecule is CCc1ccc(CNc2nc(-c3cccnc3)nc(C)c2C)s1. The van der Waals surface area contributed by atoms with Gasteiger partial charge in [-0.3, -0.25) is 4.98 Å². The van der Waals surface area contributed by atoms with Crippen molar-refractivity contribution in [3.05, 3.63) is 57.7 Å². The molecule has 3 rings (SSSR count). The van der Waals surface area contributed by atoms with Gasteiger partial charge in [-0.2, -0.15) is 0 Å². The van der Waals surface area contributed by atoms with Crippen LogP contribution in [0.2, 0.25) is 0 Å². The summed E-state index contributed by atoms with van der Waals surface area (Å²) >= 11 is 1.85. The smallest absolute Gasteiger partial charge is 0.163 e. The maximum atomic E-state index is 4.69. The lowest BCUT2D eigenvalue weighted by Crippen LogP contribution is -2.06. The second kappa shape index (κ2) is 6.87. The van der Waals surface area contributed by atoms with Crippen molar-refractivity contribution < 1.29 is 0 Å². The highest BCUT2D eigenvalue weighted by Gasteiger charge is 2.10. The zero-order valence-electron chi connectivity index (χ0n) is 13.6. The standard InChI is InChI=1S/C18H20N4S/c1-4-15-7-8-16(23-15)11-20-17-12(2)13(3)21-18(22-17)14-6-5-9-19-10-14/h5-10H,4,11H2,1-3H3,(H,20,21,22). The van der Waals surface area contributed by atoms with Crippen molar-refractivity contribution in [2.24, 2.45) is 0 Å². The topological polar surface area (TPSA) is 50.7 Å². The maximum Gasteiger partial charge on any atom is 0.163 e. The molecule has 0 aliphatic heterocycles. The summed E-state index contributed by atoms with van der Waals surface area (Å²) < 4.78 is 0. The van der Waals surface area contributed by atoms with E-state index in [4.69, 9.17) is 0 Å². The second-order valence-corrected chi connectivity index (χ2v) is 6.68. The molecule has 118 valence electrons. The van der Waals surface area contributed by atoms with Crippen LogP contribution in [0.15, 0.2) is 36.7 Å². The van der Waals surface area contributed by atoms with Crippen molar-refractivity contribution in [1.82, 2.24) is 15.0 Å². The van der Waals surface area contributed by atoms with Crippen LogP contribution >= 0.6 is 11.3 Å². The highest BCUT2D eigenvalue weighted by molar-refractivity contribution is 7.12. The van der Waals surface area contributed by atoms with Crippen LogP contribution in [0.5, 0.6) is 0 Å². The lowest BCUT2D eigenvalue weighted by atomic mass is 10.2. The number of hydrogen-bond donors (Lipinski definition) is 1. The Morgan fingerprint density at radius 3 is 2.61 bits per heavy atom. The molecule has 0 fully saturated rings.